The molecule has 0 fully saturated rings. The molecule has 0 saturated carbocycles. The minimum absolute atomic E-state index is 0.126. The highest BCUT2D eigenvalue weighted by Gasteiger charge is 2.53. The Morgan fingerprint density at radius 3 is 1.97 bits per heavy atom. The molecule has 0 bridgehead atoms. The van der Waals surface area contributed by atoms with Crippen LogP contribution in [0.2, 0.25) is 0 Å². The van der Waals surface area contributed by atoms with Gasteiger partial charge in [-0.05, 0) is 80.1 Å². The van der Waals surface area contributed by atoms with Crippen molar-refractivity contribution in [2.75, 3.05) is 0 Å². The standard InChI is InChI=1S/C33H42O4/c1-21(2)14-16-26(24(7)8)20-33(19-18-23(5)6)31(36)27(17-15-22(3)4)30(35)28(32(33)37)29(34)25-12-10-9-11-13-25/h9-15,18,26,34-35H,7,16-17,19-20H2,1-6,8H3/b29-28+/t26?,33-/m1/s1. The van der Waals surface area contributed by atoms with Crippen LogP contribution in [0.1, 0.15) is 79.7 Å². The van der Waals surface area contributed by atoms with Crippen molar-refractivity contribution in [3.8, 4) is 0 Å². The number of Topliss-reactive ketones (excluding diaryl/α,β-unsaturated/α-hetero) is 2. The normalized spacial score (nSPS) is 19.8. The molecule has 1 aromatic rings. The van der Waals surface area contributed by atoms with Crippen LogP contribution >= 0.6 is 0 Å². The van der Waals surface area contributed by atoms with Crippen LogP contribution in [0.4, 0.5) is 0 Å². The lowest BCUT2D eigenvalue weighted by atomic mass is 9.61. The predicted octanol–water partition coefficient (Wildman–Crippen LogP) is 8.56. The zero-order valence-electron chi connectivity index (χ0n) is 23.4. The Hall–Kier alpha value is -3.40. The number of aliphatic hydroxyl groups excluding tert-OH is 2. The minimum Gasteiger partial charge on any atom is -0.507 e. The number of rotatable bonds is 10. The van der Waals surface area contributed by atoms with Crippen LogP contribution in [0.25, 0.3) is 5.76 Å². The molecule has 0 amide bonds. The van der Waals surface area contributed by atoms with Crippen LogP contribution in [0.15, 0.2) is 94.3 Å². The molecule has 0 aromatic heterocycles. The molecule has 0 heterocycles. The number of hydrogen-bond acceptors (Lipinski definition) is 4. The van der Waals surface area contributed by atoms with E-state index in [0.29, 0.717) is 12.0 Å². The highest BCUT2D eigenvalue weighted by molar-refractivity contribution is 6.26. The number of allylic oxidation sites excluding steroid dienone is 9. The predicted molar refractivity (Wildman–Crippen MR) is 153 cm³/mol. The highest BCUT2D eigenvalue weighted by atomic mass is 16.3. The summed E-state index contributed by atoms with van der Waals surface area (Å²) in [5, 5.41) is 22.6. The van der Waals surface area contributed by atoms with Gasteiger partial charge < -0.3 is 10.2 Å². The van der Waals surface area contributed by atoms with Gasteiger partial charge in [-0.1, -0.05) is 77.4 Å². The fourth-order valence-electron chi connectivity index (χ4n) is 4.54. The maximum Gasteiger partial charge on any atom is 0.184 e. The number of carbonyl (C=O) groups excluding carboxylic acids is 2. The lowest BCUT2D eigenvalue weighted by Gasteiger charge is -2.38. The van der Waals surface area contributed by atoms with Gasteiger partial charge in [0.05, 0.1) is 0 Å². The van der Waals surface area contributed by atoms with Crippen molar-refractivity contribution in [1.29, 1.82) is 0 Å². The summed E-state index contributed by atoms with van der Waals surface area (Å²) < 4.78 is 0. The van der Waals surface area contributed by atoms with Crippen molar-refractivity contribution in [2.45, 2.75) is 74.1 Å². The van der Waals surface area contributed by atoms with Gasteiger partial charge in [-0.25, -0.2) is 0 Å². The summed E-state index contributed by atoms with van der Waals surface area (Å²) in [5.41, 5.74) is 2.92. The lowest BCUT2D eigenvalue weighted by Crippen LogP contribution is -2.46. The lowest BCUT2D eigenvalue weighted by molar-refractivity contribution is -0.138. The second-order valence-electron chi connectivity index (χ2n) is 10.9. The number of ketones is 2. The largest absolute Gasteiger partial charge is 0.507 e. The molecule has 0 saturated heterocycles. The summed E-state index contributed by atoms with van der Waals surface area (Å²) in [7, 11) is 0. The summed E-state index contributed by atoms with van der Waals surface area (Å²) in [4.78, 5) is 28.6. The first-order valence-electron chi connectivity index (χ1n) is 12.9. The molecule has 1 aliphatic carbocycles. The van der Waals surface area contributed by atoms with Gasteiger partial charge in [-0.3, -0.25) is 9.59 Å². The van der Waals surface area contributed by atoms with Gasteiger partial charge in [0.2, 0.25) is 0 Å². The Kier molecular flexibility index (Phi) is 10.2. The first-order chi connectivity index (χ1) is 17.3. The molecule has 2 N–H and O–H groups in total. The molecule has 1 unspecified atom stereocenters. The van der Waals surface area contributed by atoms with Gasteiger partial charge in [-0.2, -0.15) is 0 Å². The maximum absolute atomic E-state index is 14.4. The first-order valence-corrected chi connectivity index (χ1v) is 12.9. The number of hydrogen-bond donors (Lipinski definition) is 2. The summed E-state index contributed by atoms with van der Waals surface area (Å²) in [6, 6.07) is 8.67. The topological polar surface area (TPSA) is 74.6 Å². The molecule has 0 radical (unpaired) electrons. The van der Waals surface area contributed by atoms with E-state index in [4.69, 9.17) is 0 Å². The first kappa shape index (κ1) is 29.8. The van der Waals surface area contributed by atoms with Crippen molar-refractivity contribution in [1.82, 2.24) is 0 Å². The molecule has 0 spiro atoms. The highest BCUT2D eigenvalue weighted by Crippen LogP contribution is 2.47. The van der Waals surface area contributed by atoms with Crippen LogP contribution in [0.5, 0.6) is 0 Å². The molecule has 4 heteroatoms. The maximum atomic E-state index is 14.4. The molecule has 198 valence electrons. The summed E-state index contributed by atoms with van der Waals surface area (Å²) in [5.74, 6) is -1.80. The van der Waals surface area contributed by atoms with E-state index in [2.05, 4.69) is 12.7 Å². The van der Waals surface area contributed by atoms with E-state index in [1.807, 2.05) is 66.7 Å². The molecular weight excluding hydrogens is 460 g/mol. The van der Waals surface area contributed by atoms with Crippen molar-refractivity contribution < 1.29 is 19.8 Å². The Labute approximate surface area is 222 Å². The Bertz CT molecular complexity index is 1190. The summed E-state index contributed by atoms with van der Waals surface area (Å²) in [6.45, 7) is 17.8. The van der Waals surface area contributed by atoms with Crippen LogP contribution in [-0.2, 0) is 9.59 Å². The van der Waals surface area contributed by atoms with Crippen molar-refractivity contribution >= 4 is 17.3 Å². The van der Waals surface area contributed by atoms with Crippen molar-refractivity contribution in [3.05, 3.63) is 99.9 Å². The van der Waals surface area contributed by atoms with Crippen LogP contribution in [0.3, 0.4) is 0 Å². The summed E-state index contributed by atoms with van der Waals surface area (Å²) in [6.07, 6.45) is 7.12. The third-order valence-corrected chi connectivity index (χ3v) is 6.85. The van der Waals surface area contributed by atoms with E-state index in [9.17, 15) is 19.8 Å². The molecule has 2 rings (SSSR count). The summed E-state index contributed by atoms with van der Waals surface area (Å²) >= 11 is 0. The molecule has 4 nitrogen and oxygen atoms in total. The van der Waals surface area contributed by atoms with E-state index in [0.717, 1.165) is 22.3 Å². The van der Waals surface area contributed by atoms with Crippen molar-refractivity contribution in [2.24, 2.45) is 11.3 Å². The van der Waals surface area contributed by atoms with Gasteiger partial charge >= 0.3 is 0 Å². The monoisotopic (exact) mass is 502 g/mol. The zero-order chi connectivity index (χ0) is 27.9. The number of carbonyl (C=O) groups is 2. The van der Waals surface area contributed by atoms with Gasteiger partial charge in [0.25, 0.3) is 0 Å². The quantitative estimate of drug-likeness (QED) is 0.145. The molecule has 1 aliphatic rings. The van der Waals surface area contributed by atoms with Gasteiger partial charge in [0, 0.05) is 11.1 Å². The van der Waals surface area contributed by atoms with Gasteiger partial charge in [0.1, 0.15) is 22.5 Å². The van der Waals surface area contributed by atoms with E-state index in [1.165, 1.54) is 0 Å². The smallest absolute Gasteiger partial charge is 0.184 e. The molecule has 37 heavy (non-hydrogen) atoms. The average molecular weight is 503 g/mol. The van der Waals surface area contributed by atoms with E-state index < -0.39 is 17.0 Å². The average Bonchev–Trinajstić information content (AvgIpc) is 2.83. The second-order valence-corrected chi connectivity index (χ2v) is 10.9. The minimum atomic E-state index is -1.47. The third-order valence-electron chi connectivity index (χ3n) is 6.85. The van der Waals surface area contributed by atoms with Crippen LogP contribution in [0, 0.1) is 11.3 Å². The van der Waals surface area contributed by atoms with Crippen LogP contribution in [-0.4, -0.2) is 21.8 Å². The third kappa shape index (κ3) is 7.09. The molecule has 2 atom stereocenters. The van der Waals surface area contributed by atoms with Crippen molar-refractivity contribution in [3.63, 3.8) is 0 Å². The Morgan fingerprint density at radius 1 is 0.892 bits per heavy atom. The molecule has 1 aromatic carbocycles. The SMILES string of the molecule is C=C(C)C(CC=C(C)C)C[C@]1(CC=C(C)C)C(=O)C(CC=C(C)C)=C(O)/C(=C(\O)c2ccccc2)C1=O. The van der Waals surface area contributed by atoms with E-state index in [-0.39, 0.29) is 47.9 Å². The number of aliphatic hydroxyl groups is 2. The number of benzene rings is 1. The zero-order valence-corrected chi connectivity index (χ0v) is 23.4. The Balaban J connectivity index is 2.89. The van der Waals surface area contributed by atoms with E-state index in [1.54, 1.807) is 24.3 Å². The van der Waals surface area contributed by atoms with E-state index >= 15 is 0 Å². The Morgan fingerprint density at radius 2 is 1.46 bits per heavy atom. The van der Waals surface area contributed by atoms with Gasteiger partial charge in [0.15, 0.2) is 11.6 Å². The van der Waals surface area contributed by atoms with Gasteiger partial charge in [-0.15, -0.1) is 0 Å². The van der Waals surface area contributed by atoms with Crippen LogP contribution < -0.4 is 0 Å². The molecular formula is C33H42O4. The fourth-order valence-corrected chi connectivity index (χ4v) is 4.54. The molecule has 0 aliphatic heterocycles. The fraction of sp³-hybridized carbons (Fsp3) is 0.394. The second kappa shape index (κ2) is 12.7.